The zero-order valence-electron chi connectivity index (χ0n) is 12.1. The van der Waals surface area contributed by atoms with Crippen LogP contribution in [0.1, 0.15) is 5.56 Å². The number of carbonyl (C=O) groups excluding carboxylic acids is 1. The van der Waals surface area contributed by atoms with Gasteiger partial charge in [-0.1, -0.05) is 46.7 Å². The number of hydrogen-bond donors (Lipinski definition) is 1. The molecule has 23 heavy (non-hydrogen) atoms. The van der Waals surface area contributed by atoms with Crippen molar-refractivity contribution in [1.29, 1.82) is 0 Å². The number of nitrogens with one attached hydrogen (secondary N) is 1. The number of amides is 1. The number of anilines is 1. The van der Waals surface area contributed by atoms with Gasteiger partial charge in [0.25, 0.3) is 0 Å². The van der Waals surface area contributed by atoms with E-state index in [9.17, 15) is 4.79 Å². The van der Waals surface area contributed by atoms with E-state index in [0.29, 0.717) is 27.1 Å². The molecule has 0 saturated heterocycles. The minimum absolute atomic E-state index is 0.108. The van der Waals surface area contributed by atoms with Gasteiger partial charge in [0.15, 0.2) is 5.13 Å². The zero-order chi connectivity index (χ0) is 16.4. The third-order valence-corrected chi connectivity index (χ3v) is 5.70. The van der Waals surface area contributed by atoms with Crippen molar-refractivity contribution in [2.24, 2.45) is 0 Å². The molecule has 1 heterocycles. The van der Waals surface area contributed by atoms with E-state index in [1.165, 1.54) is 16.2 Å². The van der Waals surface area contributed by atoms with Crippen LogP contribution in [0.25, 0.3) is 10.2 Å². The average Bonchev–Trinajstić information content (AvgIpc) is 2.95. The van der Waals surface area contributed by atoms with Crippen molar-refractivity contribution in [1.82, 2.24) is 4.98 Å². The number of carbonyl (C=O) groups is 1. The predicted octanol–water partition coefficient (Wildman–Crippen LogP) is 5.51. The summed E-state index contributed by atoms with van der Waals surface area (Å²) in [7, 11) is 0. The molecule has 1 aromatic heterocycles. The van der Waals surface area contributed by atoms with E-state index in [-0.39, 0.29) is 5.91 Å². The minimum Gasteiger partial charge on any atom is -0.302 e. The molecule has 0 aliphatic rings. The Balaban J connectivity index is 1.73. The van der Waals surface area contributed by atoms with Gasteiger partial charge < -0.3 is 5.32 Å². The zero-order valence-corrected chi connectivity index (χ0v) is 15.2. The van der Waals surface area contributed by atoms with Gasteiger partial charge in [0.05, 0.1) is 21.2 Å². The van der Waals surface area contributed by atoms with Crippen molar-refractivity contribution in [2.45, 2.75) is 11.3 Å². The van der Waals surface area contributed by atoms with Crippen LogP contribution in [0.5, 0.6) is 0 Å². The summed E-state index contributed by atoms with van der Waals surface area (Å²) in [6.07, 6.45) is 2.32. The highest BCUT2D eigenvalue weighted by Crippen LogP contribution is 2.35. The molecule has 3 aromatic rings. The Kier molecular flexibility index (Phi) is 5.11. The quantitative estimate of drug-likeness (QED) is 0.605. The summed E-state index contributed by atoms with van der Waals surface area (Å²) < 4.78 is 0.888. The Bertz CT molecular complexity index is 862. The molecular weight excluding hydrogens is 371 g/mol. The Hall–Kier alpha value is -1.27. The molecule has 3 rings (SSSR count). The lowest BCUT2D eigenvalue weighted by molar-refractivity contribution is -0.115. The first-order valence-electron chi connectivity index (χ1n) is 6.74. The Morgan fingerprint density at radius 3 is 2.65 bits per heavy atom. The third kappa shape index (κ3) is 3.80. The molecule has 0 radical (unpaired) electrons. The van der Waals surface area contributed by atoms with Gasteiger partial charge in [-0.3, -0.25) is 4.79 Å². The number of fused-ring (bicyclic) bond motifs is 1. The molecule has 118 valence electrons. The van der Waals surface area contributed by atoms with Crippen LogP contribution in [-0.4, -0.2) is 17.1 Å². The highest BCUT2D eigenvalue weighted by atomic mass is 35.5. The summed E-state index contributed by atoms with van der Waals surface area (Å²) in [4.78, 5) is 17.7. The van der Waals surface area contributed by atoms with Gasteiger partial charge in [-0.25, -0.2) is 4.98 Å². The summed E-state index contributed by atoms with van der Waals surface area (Å²) in [6, 6.07) is 11.5. The Morgan fingerprint density at radius 1 is 1.22 bits per heavy atom. The summed E-state index contributed by atoms with van der Waals surface area (Å²) in [5.41, 5.74) is 1.58. The Morgan fingerprint density at radius 2 is 1.96 bits per heavy atom. The highest BCUT2D eigenvalue weighted by molar-refractivity contribution is 7.98. The summed E-state index contributed by atoms with van der Waals surface area (Å²) >= 11 is 15.2. The van der Waals surface area contributed by atoms with E-state index in [4.69, 9.17) is 23.2 Å². The van der Waals surface area contributed by atoms with Crippen molar-refractivity contribution in [3.63, 3.8) is 0 Å². The van der Waals surface area contributed by atoms with Crippen molar-refractivity contribution in [3.05, 3.63) is 52.0 Å². The van der Waals surface area contributed by atoms with Gasteiger partial charge in [0, 0.05) is 4.90 Å². The molecule has 0 unspecified atom stereocenters. The second-order valence-electron chi connectivity index (χ2n) is 4.80. The normalized spacial score (nSPS) is 10.9. The second kappa shape index (κ2) is 7.09. The molecule has 3 nitrogen and oxygen atoms in total. The number of thiazole rings is 1. The Labute approximate surface area is 152 Å². The largest absolute Gasteiger partial charge is 0.302 e. The van der Waals surface area contributed by atoms with Crippen LogP contribution in [0.2, 0.25) is 10.0 Å². The molecule has 0 atom stereocenters. The molecule has 7 heteroatoms. The number of thioether (sulfide) groups is 1. The van der Waals surface area contributed by atoms with E-state index in [1.807, 2.05) is 36.6 Å². The topological polar surface area (TPSA) is 42.0 Å². The third-order valence-electron chi connectivity index (χ3n) is 3.22. The number of nitrogens with zero attached hydrogens (tertiary/aromatic N) is 1. The van der Waals surface area contributed by atoms with Crippen molar-refractivity contribution in [2.75, 3.05) is 11.6 Å². The monoisotopic (exact) mass is 382 g/mol. The van der Waals surface area contributed by atoms with Gasteiger partial charge in [-0.2, -0.15) is 0 Å². The van der Waals surface area contributed by atoms with Crippen LogP contribution in [0.15, 0.2) is 41.3 Å². The van der Waals surface area contributed by atoms with E-state index in [1.54, 1.807) is 17.8 Å². The maximum atomic E-state index is 12.2. The summed E-state index contributed by atoms with van der Waals surface area (Å²) in [6.45, 7) is 0. The van der Waals surface area contributed by atoms with Crippen molar-refractivity contribution >= 4 is 67.6 Å². The fourth-order valence-electron chi connectivity index (χ4n) is 2.08. The fourth-order valence-corrected chi connectivity index (χ4v) is 3.80. The number of halogens is 2. The lowest BCUT2D eigenvalue weighted by Gasteiger charge is -2.03. The van der Waals surface area contributed by atoms with Crippen LogP contribution < -0.4 is 5.32 Å². The molecule has 1 amide bonds. The predicted molar refractivity (Wildman–Crippen MR) is 100 cm³/mol. The van der Waals surface area contributed by atoms with Crippen LogP contribution in [0.4, 0.5) is 5.13 Å². The molecule has 1 N–H and O–H groups in total. The molecule has 0 bridgehead atoms. The van der Waals surface area contributed by atoms with Gasteiger partial charge in [-0.15, -0.1) is 11.8 Å². The van der Waals surface area contributed by atoms with Crippen molar-refractivity contribution in [3.8, 4) is 0 Å². The minimum atomic E-state index is -0.108. The van der Waals surface area contributed by atoms with Crippen LogP contribution >= 0.6 is 46.3 Å². The molecular formula is C16H12Cl2N2OS2. The molecule has 0 saturated carbocycles. The highest BCUT2D eigenvalue weighted by Gasteiger charge is 2.12. The standard InChI is InChI=1S/C16H12Cl2N2OS2/c1-22-10-4-2-9(3-5-10)8-13(21)19-16-20-15-12(23-16)7-6-11(17)14(15)18/h2-7H,8H2,1H3,(H,19,20,21). The fraction of sp³-hybridized carbons (Fsp3) is 0.125. The van der Waals surface area contributed by atoms with Gasteiger partial charge in [0.1, 0.15) is 5.52 Å². The maximum absolute atomic E-state index is 12.2. The molecule has 0 aliphatic carbocycles. The van der Waals surface area contributed by atoms with E-state index in [2.05, 4.69) is 10.3 Å². The molecule has 0 aliphatic heterocycles. The number of benzene rings is 2. The second-order valence-corrected chi connectivity index (χ2v) is 7.50. The average molecular weight is 383 g/mol. The molecule has 0 spiro atoms. The summed E-state index contributed by atoms with van der Waals surface area (Å²) in [5.74, 6) is -0.108. The first kappa shape index (κ1) is 16.6. The lowest BCUT2D eigenvalue weighted by atomic mass is 10.1. The number of rotatable bonds is 4. The maximum Gasteiger partial charge on any atom is 0.230 e. The number of hydrogen-bond acceptors (Lipinski definition) is 4. The van der Waals surface area contributed by atoms with Gasteiger partial charge in [-0.05, 0) is 36.1 Å². The SMILES string of the molecule is CSc1ccc(CC(=O)Nc2nc3c(Cl)c(Cl)ccc3s2)cc1. The van der Waals surface area contributed by atoms with Crippen LogP contribution in [0.3, 0.4) is 0 Å². The smallest absolute Gasteiger partial charge is 0.230 e. The first-order valence-corrected chi connectivity index (χ1v) is 9.54. The van der Waals surface area contributed by atoms with E-state index < -0.39 is 0 Å². The van der Waals surface area contributed by atoms with Gasteiger partial charge in [0.2, 0.25) is 5.91 Å². The van der Waals surface area contributed by atoms with Crippen molar-refractivity contribution < 1.29 is 4.79 Å². The molecule has 2 aromatic carbocycles. The van der Waals surface area contributed by atoms with E-state index in [0.717, 1.165) is 10.3 Å². The van der Waals surface area contributed by atoms with Crippen LogP contribution in [0, 0.1) is 0 Å². The first-order chi connectivity index (χ1) is 11.1. The number of aromatic nitrogens is 1. The molecule has 0 fully saturated rings. The van der Waals surface area contributed by atoms with E-state index >= 15 is 0 Å². The summed E-state index contributed by atoms with van der Waals surface area (Å²) in [5, 5.41) is 4.21. The van der Waals surface area contributed by atoms with Gasteiger partial charge >= 0.3 is 0 Å². The van der Waals surface area contributed by atoms with Crippen LogP contribution in [-0.2, 0) is 11.2 Å². The lowest BCUT2D eigenvalue weighted by Crippen LogP contribution is -2.14.